The van der Waals surface area contributed by atoms with E-state index in [4.69, 9.17) is 5.73 Å². The van der Waals surface area contributed by atoms with Crippen molar-refractivity contribution < 1.29 is 4.79 Å². The molecule has 1 atom stereocenters. The molecular formula is C12H21N3OS. The van der Waals surface area contributed by atoms with Crippen molar-refractivity contribution in [2.24, 2.45) is 11.1 Å². The standard InChI is InChI=1S/C12H21N3OS/c1-5-8-6-14-9(17-8)7-15-11(16)10(13)12(2,3)4/h6,10H,5,7,13H2,1-4H3,(H,15,16). The van der Waals surface area contributed by atoms with Gasteiger partial charge in [0.2, 0.25) is 5.91 Å². The predicted octanol–water partition coefficient (Wildman–Crippen LogP) is 1.70. The van der Waals surface area contributed by atoms with E-state index in [-0.39, 0.29) is 11.3 Å². The van der Waals surface area contributed by atoms with Crippen LogP contribution in [0.25, 0.3) is 0 Å². The van der Waals surface area contributed by atoms with E-state index in [1.54, 1.807) is 11.3 Å². The molecule has 0 aliphatic rings. The Balaban J connectivity index is 2.48. The van der Waals surface area contributed by atoms with Gasteiger partial charge >= 0.3 is 0 Å². The minimum atomic E-state index is -0.492. The first-order valence-electron chi connectivity index (χ1n) is 5.81. The average Bonchev–Trinajstić information content (AvgIpc) is 2.71. The van der Waals surface area contributed by atoms with Gasteiger partial charge < -0.3 is 11.1 Å². The van der Waals surface area contributed by atoms with Crippen molar-refractivity contribution in [2.75, 3.05) is 0 Å². The van der Waals surface area contributed by atoms with E-state index < -0.39 is 6.04 Å². The van der Waals surface area contributed by atoms with Gasteiger partial charge in [0.05, 0.1) is 12.6 Å². The van der Waals surface area contributed by atoms with Crippen molar-refractivity contribution in [2.45, 2.75) is 46.7 Å². The highest BCUT2D eigenvalue weighted by molar-refractivity contribution is 7.11. The lowest BCUT2D eigenvalue weighted by atomic mass is 9.87. The van der Waals surface area contributed by atoms with Crippen LogP contribution in [0.1, 0.15) is 37.6 Å². The minimum Gasteiger partial charge on any atom is -0.348 e. The van der Waals surface area contributed by atoms with Crippen molar-refractivity contribution in [3.05, 3.63) is 16.1 Å². The zero-order valence-electron chi connectivity index (χ0n) is 10.9. The Bertz CT molecular complexity index is 381. The second kappa shape index (κ2) is 5.60. The second-order valence-electron chi connectivity index (χ2n) is 5.14. The van der Waals surface area contributed by atoms with Crippen molar-refractivity contribution in [1.82, 2.24) is 10.3 Å². The highest BCUT2D eigenvalue weighted by Crippen LogP contribution is 2.18. The Kier molecular flexibility index (Phi) is 4.65. The number of aromatic nitrogens is 1. The summed E-state index contributed by atoms with van der Waals surface area (Å²) in [5.74, 6) is -0.120. The number of hydrogen-bond acceptors (Lipinski definition) is 4. The number of thiazole rings is 1. The van der Waals surface area contributed by atoms with Gasteiger partial charge in [0.15, 0.2) is 0 Å². The maximum absolute atomic E-state index is 11.8. The normalized spacial score (nSPS) is 13.5. The van der Waals surface area contributed by atoms with E-state index in [1.165, 1.54) is 4.88 Å². The van der Waals surface area contributed by atoms with Crippen LogP contribution in [0.3, 0.4) is 0 Å². The molecule has 0 spiro atoms. The molecule has 4 nitrogen and oxygen atoms in total. The van der Waals surface area contributed by atoms with Crippen molar-refractivity contribution in [3.63, 3.8) is 0 Å². The third-order valence-electron chi connectivity index (χ3n) is 2.58. The van der Waals surface area contributed by atoms with Crippen LogP contribution in [0.4, 0.5) is 0 Å². The number of hydrogen-bond donors (Lipinski definition) is 2. The predicted molar refractivity (Wildman–Crippen MR) is 70.8 cm³/mol. The highest BCUT2D eigenvalue weighted by atomic mass is 32.1. The zero-order chi connectivity index (χ0) is 13.1. The molecule has 3 N–H and O–H groups in total. The summed E-state index contributed by atoms with van der Waals surface area (Å²) in [5.41, 5.74) is 5.64. The van der Waals surface area contributed by atoms with Gasteiger partial charge in [-0.15, -0.1) is 11.3 Å². The summed E-state index contributed by atoms with van der Waals surface area (Å²) in [4.78, 5) is 17.3. The number of carbonyl (C=O) groups excluding carboxylic acids is 1. The lowest BCUT2D eigenvalue weighted by molar-refractivity contribution is -0.124. The SMILES string of the molecule is CCc1cnc(CNC(=O)C(N)C(C)(C)C)s1. The van der Waals surface area contributed by atoms with Crippen molar-refractivity contribution >= 4 is 17.2 Å². The van der Waals surface area contributed by atoms with Gasteiger partial charge in [0.25, 0.3) is 0 Å². The van der Waals surface area contributed by atoms with Gasteiger partial charge in [-0.05, 0) is 11.8 Å². The molecule has 1 aromatic rings. The molecule has 0 fully saturated rings. The fourth-order valence-electron chi connectivity index (χ4n) is 1.26. The number of nitrogens with zero attached hydrogens (tertiary/aromatic N) is 1. The third-order valence-corrected chi connectivity index (χ3v) is 3.72. The van der Waals surface area contributed by atoms with E-state index in [0.29, 0.717) is 6.54 Å². The summed E-state index contributed by atoms with van der Waals surface area (Å²) < 4.78 is 0. The maximum Gasteiger partial charge on any atom is 0.237 e. The van der Waals surface area contributed by atoms with Crippen molar-refractivity contribution in [1.29, 1.82) is 0 Å². The molecule has 0 saturated heterocycles. The molecule has 0 bridgehead atoms. The van der Waals surface area contributed by atoms with Crippen LogP contribution in [0.2, 0.25) is 0 Å². The molecule has 0 radical (unpaired) electrons. The van der Waals surface area contributed by atoms with E-state index >= 15 is 0 Å². The van der Waals surface area contributed by atoms with Crippen molar-refractivity contribution in [3.8, 4) is 0 Å². The molecule has 1 unspecified atom stereocenters. The maximum atomic E-state index is 11.8. The molecule has 1 amide bonds. The molecule has 0 aliphatic heterocycles. The fourth-order valence-corrected chi connectivity index (χ4v) is 2.06. The second-order valence-corrected chi connectivity index (χ2v) is 6.34. The Morgan fingerprint density at radius 1 is 1.59 bits per heavy atom. The number of nitrogens with one attached hydrogen (secondary N) is 1. The molecule has 17 heavy (non-hydrogen) atoms. The molecule has 1 rings (SSSR count). The minimum absolute atomic E-state index is 0.120. The largest absolute Gasteiger partial charge is 0.348 e. The van der Waals surface area contributed by atoms with Crippen LogP contribution in [0, 0.1) is 5.41 Å². The van der Waals surface area contributed by atoms with Gasteiger partial charge in [0.1, 0.15) is 5.01 Å². The fraction of sp³-hybridized carbons (Fsp3) is 0.667. The van der Waals surface area contributed by atoms with Gasteiger partial charge in [0, 0.05) is 11.1 Å². The molecule has 1 aromatic heterocycles. The molecule has 1 heterocycles. The van der Waals surface area contributed by atoms with Crippen LogP contribution in [0.5, 0.6) is 0 Å². The topological polar surface area (TPSA) is 68.0 Å². The summed E-state index contributed by atoms with van der Waals surface area (Å²) in [6.07, 6.45) is 2.84. The summed E-state index contributed by atoms with van der Waals surface area (Å²) in [6, 6.07) is -0.492. The molecule has 0 saturated carbocycles. The van der Waals surface area contributed by atoms with Crippen LogP contribution < -0.4 is 11.1 Å². The molecule has 5 heteroatoms. The first-order chi connectivity index (χ1) is 7.84. The lowest BCUT2D eigenvalue weighted by Crippen LogP contribution is -2.48. The highest BCUT2D eigenvalue weighted by Gasteiger charge is 2.27. The molecule has 0 aliphatic carbocycles. The monoisotopic (exact) mass is 255 g/mol. The quantitative estimate of drug-likeness (QED) is 0.860. The van der Waals surface area contributed by atoms with E-state index in [9.17, 15) is 4.79 Å². The first-order valence-corrected chi connectivity index (χ1v) is 6.63. The number of aryl methyl sites for hydroxylation is 1. The number of carbonyl (C=O) groups is 1. The third kappa shape index (κ3) is 4.09. The number of amides is 1. The van der Waals surface area contributed by atoms with Crippen LogP contribution in [-0.2, 0) is 17.8 Å². The summed E-state index contributed by atoms with van der Waals surface area (Å²) in [7, 11) is 0. The number of rotatable bonds is 4. The smallest absolute Gasteiger partial charge is 0.237 e. The molecule has 0 aromatic carbocycles. The number of nitrogens with two attached hydrogens (primary N) is 1. The zero-order valence-corrected chi connectivity index (χ0v) is 11.7. The average molecular weight is 255 g/mol. The van der Waals surface area contributed by atoms with Crippen LogP contribution in [-0.4, -0.2) is 16.9 Å². The lowest BCUT2D eigenvalue weighted by Gasteiger charge is -2.25. The first kappa shape index (κ1) is 14.1. The molecule has 96 valence electrons. The Morgan fingerprint density at radius 3 is 2.71 bits per heavy atom. The van der Waals surface area contributed by atoms with E-state index in [2.05, 4.69) is 17.2 Å². The van der Waals surface area contributed by atoms with Gasteiger partial charge in [-0.1, -0.05) is 27.7 Å². The summed E-state index contributed by atoms with van der Waals surface area (Å²) in [6.45, 7) is 8.42. The van der Waals surface area contributed by atoms with Crippen LogP contribution in [0.15, 0.2) is 6.20 Å². The van der Waals surface area contributed by atoms with Gasteiger partial charge in [-0.25, -0.2) is 4.98 Å². The van der Waals surface area contributed by atoms with Gasteiger partial charge in [-0.2, -0.15) is 0 Å². The van der Waals surface area contributed by atoms with E-state index in [0.717, 1.165) is 11.4 Å². The summed E-state index contributed by atoms with van der Waals surface area (Å²) in [5, 5.41) is 3.75. The van der Waals surface area contributed by atoms with Crippen LogP contribution >= 0.6 is 11.3 Å². The Hall–Kier alpha value is -0.940. The summed E-state index contributed by atoms with van der Waals surface area (Å²) >= 11 is 1.63. The Labute approximate surface area is 107 Å². The van der Waals surface area contributed by atoms with E-state index in [1.807, 2.05) is 27.0 Å². The Morgan fingerprint density at radius 2 is 2.24 bits per heavy atom. The molecular weight excluding hydrogens is 234 g/mol. The van der Waals surface area contributed by atoms with Gasteiger partial charge in [-0.3, -0.25) is 4.79 Å².